The summed E-state index contributed by atoms with van der Waals surface area (Å²) in [5.74, 6) is 0.247. The van der Waals surface area contributed by atoms with Gasteiger partial charge in [0, 0.05) is 6.04 Å². The maximum atomic E-state index is 11.4. The van der Waals surface area contributed by atoms with Gasteiger partial charge in [-0.3, -0.25) is 0 Å². The molecule has 0 aliphatic carbocycles. The standard InChI is InChI=1S/C8H18N2O2S/c1-2-7-13(11,12)10-8-3-5-9-6-4-8/h8-10H,2-7H2,1H3. The molecule has 0 bridgehead atoms. The summed E-state index contributed by atoms with van der Waals surface area (Å²) in [5.41, 5.74) is 0. The summed E-state index contributed by atoms with van der Waals surface area (Å²) in [7, 11) is -3.01. The lowest BCUT2D eigenvalue weighted by atomic mass is 10.1. The molecule has 0 radical (unpaired) electrons. The zero-order valence-corrected chi connectivity index (χ0v) is 8.86. The Hall–Kier alpha value is -0.130. The maximum Gasteiger partial charge on any atom is 0.211 e. The van der Waals surface area contributed by atoms with Crippen LogP contribution < -0.4 is 10.0 Å². The molecule has 0 aromatic rings. The first-order valence-electron chi connectivity index (χ1n) is 4.85. The molecule has 0 amide bonds. The van der Waals surface area contributed by atoms with Crippen molar-refractivity contribution in [2.24, 2.45) is 0 Å². The molecular formula is C8H18N2O2S. The molecule has 1 aliphatic rings. The van der Waals surface area contributed by atoms with Gasteiger partial charge in [-0.15, -0.1) is 0 Å². The minimum absolute atomic E-state index is 0.151. The van der Waals surface area contributed by atoms with Gasteiger partial charge in [-0.05, 0) is 32.4 Å². The van der Waals surface area contributed by atoms with Crippen LogP contribution in [0.15, 0.2) is 0 Å². The first kappa shape index (κ1) is 10.9. The van der Waals surface area contributed by atoms with E-state index in [2.05, 4.69) is 10.0 Å². The van der Waals surface area contributed by atoms with Crippen LogP contribution in [0.5, 0.6) is 0 Å². The van der Waals surface area contributed by atoms with Gasteiger partial charge in [-0.2, -0.15) is 0 Å². The highest BCUT2D eigenvalue weighted by atomic mass is 32.2. The first-order chi connectivity index (χ1) is 6.14. The molecule has 78 valence electrons. The van der Waals surface area contributed by atoms with E-state index in [4.69, 9.17) is 0 Å². The molecule has 0 saturated carbocycles. The van der Waals surface area contributed by atoms with Gasteiger partial charge in [0.1, 0.15) is 0 Å². The summed E-state index contributed by atoms with van der Waals surface area (Å²) in [6, 6.07) is 0.151. The topological polar surface area (TPSA) is 58.2 Å². The van der Waals surface area contributed by atoms with E-state index in [1.54, 1.807) is 0 Å². The lowest BCUT2D eigenvalue weighted by Gasteiger charge is -2.23. The van der Waals surface area contributed by atoms with E-state index in [9.17, 15) is 8.42 Å². The van der Waals surface area contributed by atoms with Crippen molar-refractivity contribution in [3.8, 4) is 0 Å². The monoisotopic (exact) mass is 206 g/mol. The van der Waals surface area contributed by atoms with E-state index in [1.807, 2.05) is 6.92 Å². The van der Waals surface area contributed by atoms with E-state index >= 15 is 0 Å². The largest absolute Gasteiger partial charge is 0.317 e. The molecule has 5 heteroatoms. The lowest BCUT2D eigenvalue weighted by Crippen LogP contribution is -2.43. The summed E-state index contributed by atoms with van der Waals surface area (Å²) < 4.78 is 25.5. The first-order valence-corrected chi connectivity index (χ1v) is 6.50. The minimum Gasteiger partial charge on any atom is -0.317 e. The molecular weight excluding hydrogens is 188 g/mol. The molecule has 1 fully saturated rings. The molecule has 0 atom stereocenters. The van der Waals surface area contributed by atoms with Gasteiger partial charge in [0.25, 0.3) is 0 Å². The Morgan fingerprint density at radius 2 is 2.00 bits per heavy atom. The van der Waals surface area contributed by atoms with Crippen molar-refractivity contribution < 1.29 is 8.42 Å². The summed E-state index contributed by atoms with van der Waals surface area (Å²) in [6.45, 7) is 3.71. The molecule has 0 aromatic heterocycles. The van der Waals surface area contributed by atoms with E-state index in [0.29, 0.717) is 6.42 Å². The fourth-order valence-corrected chi connectivity index (χ4v) is 2.92. The van der Waals surface area contributed by atoms with Crippen LogP contribution in [0, 0.1) is 0 Å². The average Bonchev–Trinajstić information content (AvgIpc) is 2.04. The van der Waals surface area contributed by atoms with Crippen molar-refractivity contribution in [1.29, 1.82) is 0 Å². The van der Waals surface area contributed by atoms with Gasteiger partial charge >= 0.3 is 0 Å². The molecule has 1 aliphatic heterocycles. The number of rotatable bonds is 4. The van der Waals surface area contributed by atoms with Crippen molar-refractivity contribution in [2.45, 2.75) is 32.2 Å². The van der Waals surface area contributed by atoms with Crippen molar-refractivity contribution >= 4 is 10.0 Å². The third-order valence-electron chi connectivity index (χ3n) is 2.16. The van der Waals surface area contributed by atoms with Crippen molar-refractivity contribution in [3.63, 3.8) is 0 Å². The molecule has 2 N–H and O–H groups in total. The number of hydrogen-bond acceptors (Lipinski definition) is 3. The number of sulfonamides is 1. The molecule has 0 aromatic carbocycles. The van der Waals surface area contributed by atoms with Crippen molar-refractivity contribution in [3.05, 3.63) is 0 Å². The van der Waals surface area contributed by atoms with Crippen LogP contribution in [-0.4, -0.2) is 33.3 Å². The van der Waals surface area contributed by atoms with E-state index < -0.39 is 10.0 Å². The highest BCUT2D eigenvalue weighted by molar-refractivity contribution is 7.89. The second kappa shape index (κ2) is 4.93. The fraction of sp³-hybridized carbons (Fsp3) is 1.00. The second-order valence-corrected chi connectivity index (χ2v) is 5.33. The van der Waals surface area contributed by atoms with Crippen LogP contribution in [-0.2, 0) is 10.0 Å². The van der Waals surface area contributed by atoms with Crippen LogP contribution in [0.1, 0.15) is 26.2 Å². The van der Waals surface area contributed by atoms with Gasteiger partial charge in [0.2, 0.25) is 10.0 Å². The van der Waals surface area contributed by atoms with E-state index in [1.165, 1.54) is 0 Å². The Morgan fingerprint density at radius 1 is 1.38 bits per heavy atom. The zero-order chi connectivity index (χ0) is 9.73. The quantitative estimate of drug-likeness (QED) is 0.684. The molecule has 1 rings (SSSR count). The number of piperidine rings is 1. The Kier molecular flexibility index (Phi) is 4.15. The van der Waals surface area contributed by atoms with E-state index in [0.717, 1.165) is 25.9 Å². The predicted octanol–water partition coefficient (Wildman–Crippen LogP) is 0.0678. The number of nitrogens with one attached hydrogen (secondary N) is 2. The smallest absolute Gasteiger partial charge is 0.211 e. The zero-order valence-electron chi connectivity index (χ0n) is 8.04. The fourth-order valence-electron chi connectivity index (χ4n) is 1.52. The average molecular weight is 206 g/mol. The third-order valence-corrected chi connectivity index (χ3v) is 3.80. The molecule has 4 nitrogen and oxygen atoms in total. The third kappa shape index (κ3) is 4.06. The molecule has 1 saturated heterocycles. The van der Waals surface area contributed by atoms with E-state index in [-0.39, 0.29) is 11.8 Å². The Morgan fingerprint density at radius 3 is 2.54 bits per heavy atom. The summed E-state index contributed by atoms with van der Waals surface area (Å²) >= 11 is 0. The number of hydrogen-bond donors (Lipinski definition) is 2. The van der Waals surface area contributed by atoms with Gasteiger partial charge < -0.3 is 5.32 Å². The van der Waals surface area contributed by atoms with Gasteiger partial charge in [0.15, 0.2) is 0 Å². The van der Waals surface area contributed by atoms with Crippen LogP contribution in [0.2, 0.25) is 0 Å². The normalized spacial score (nSPS) is 20.4. The second-order valence-electron chi connectivity index (χ2n) is 3.46. The highest BCUT2D eigenvalue weighted by Crippen LogP contribution is 2.04. The predicted molar refractivity (Wildman–Crippen MR) is 53.1 cm³/mol. The SMILES string of the molecule is CCCS(=O)(=O)NC1CCNCC1. The van der Waals surface area contributed by atoms with Crippen LogP contribution in [0.4, 0.5) is 0 Å². The molecule has 13 heavy (non-hydrogen) atoms. The summed E-state index contributed by atoms with van der Waals surface area (Å²) in [6.07, 6.45) is 2.49. The van der Waals surface area contributed by atoms with Gasteiger partial charge in [0.05, 0.1) is 5.75 Å². The van der Waals surface area contributed by atoms with Crippen molar-refractivity contribution in [2.75, 3.05) is 18.8 Å². The molecule has 1 heterocycles. The summed E-state index contributed by atoms with van der Waals surface area (Å²) in [5, 5.41) is 3.20. The Labute approximate surface area is 80.1 Å². The van der Waals surface area contributed by atoms with Crippen LogP contribution in [0.3, 0.4) is 0 Å². The van der Waals surface area contributed by atoms with Crippen LogP contribution in [0.25, 0.3) is 0 Å². The van der Waals surface area contributed by atoms with Gasteiger partial charge in [-0.1, -0.05) is 6.92 Å². The molecule has 0 unspecified atom stereocenters. The molecule has 0 spiro atoms. The maximum absolute atomic E-state index is 11.4. The van der Waals surface area contributed by atoms with Crippen LogP contribution >= 0.6 is 0 Å². The minimum atomic E-state index is -3.01. The highest BCUT2D eigenvalue weighted by Gasteiger charge is 2.18. The summed E-state index contributed by atoms with van der Waals surface area (Å²) in [4.78, 5) is 0. The lowest BCUT2D eigenvalue weighted by molar-refractivity contribution is 0.427. The van der Waals surface area contributed by atoms with Gasteiger partial charge in [-0.25, -0.2) is 13.1 Å². The Bertz CT molecular complexity index is 233. The van der Waals surface area contributed by atoms with Crippen molar-refractivity contribution in [1.82, 2.24) is 10.0 Å². The Balaban J connectivity index is 2.37.